The van der Waals surface area contributed by atoms with Crippen LogP contribution in [0.3, 0.4) is 0 Å². The van der Waals surface area contributed by atoms with Crippen LogP contribution in [-0.2, 0) is 11.2 Å². The standard InChI is InChI=1S/C15H18N2O2/c1-10-6-5-7-11(8-10)14-16-13(19-17-14)9-12(18)15(2,3)4/h5-8H,9H2,1-4H3. The number of nitrogens with zero attached hydrogens (tertiary/aromatic N) is 2. The van der Waals surface area contributed by atoms with Crippen molar-refractivity contribution in [2.24, 2.45) is 5.41 Å². The predicted octanol–water partition coefficient (Wildman–Crippen LogP) is 3.20. The summed E-state index contributed by atoms with van der Waals surface area (Å²) in [5.41, 5.74) is 1.64. The van der Waals surface area contributed by atoms with Crippen LogP contribution in [0.1, 0.15) is 32.2 Å². The van der Waals surface area contributed by atoms with Crippen molar-refractivity contribution in [2.75, 3.05) is 0 Å². The molecular weight excluding hydrogens is 240 g/mol. The molecule has 100 valence electrons. The van der Waals surface area contributed by atoms with Crippen molar-refractivity contribution in [3.63, 3.8) is 0 Å². The molecule has 0 fully saturated rings. The number of carbonyl (C=O) groups excluding carboxylic acids is 1. The van der Waals surface area contributed by atoms with Gasteiger partial charge in [0.2, 0.25) is 11.7 Å². The fourth-order valence-electron chi connectivity index (χ4n) is 1.63. The third kappa shape index (κ3) is 3.28. The molecule has 4 nitrogen and oxygen atoms in total. The van der Waals surface area contributed by atoms with Gasteiger partial charge in [0.15, 0.2) is 0 Å². The van der Waals surface area contributed by atoms with E-state index in [0.717, 1.165) is 11.1 Å². The zero-order chi connectivity index (χ0) is 14.0. The van der Waals surface area contributed by atoms with Crippen molar-refractivity contribution in [1.29, 1.82) is 0 Å². The highest BCUT2D eigenvalue weighted by Gasteiger charge is 2.23. The fraction of sp³-hybridized carbons (Fsp3) is 0.400. The van der Waals surface area contributed by atoms with Crippen LogP contribution in [0.15, 0.2) is 28.8 Å². The lowest BCUT2D eigenvalue weighted by Crippen LogP contribution is -2.22. The highest BCUT2D eigenvalue weighted by molar-refractivity contribution is 5.85. The molecule has 2 rings (SSSR count). The summed E-state index contributed by atoms with van der Waals surface area (Å²) in [6.07, 6.45) is 0.183. The van der Waals surface area contributed by atoms with E-state index in [9.17, 15) is 4.79 Å². The molecule has 19 heavy (non-hydrogen) atoms. The summed E-state index contributed by atoms with van der Waals surface area (Å²) >= 11 is 0. The van der Waals surface area contributed by atoms with Crippen molar-refractivity contribution in [3.05, 3.63) is 35.7 Å². The van der Waals surface area contributed by atoms with Gasteiger partial charge in [-0.2, -0.15) is 4.98 Å². The summed E-state index contributed by atoms with van der Waals surface area (Å²) in [6.45, 7) is 7.65. The second kappa shape index (κ2) is 4.96. The second-order valence-electron chi connectivity index (χ2n) is 5.73. The second-order valence-corrected chi connectivity index (χ2v) is 5.73. The highest BCUT2D eigenvalue weighted by atomic mass is 16.5. The van der Waals surface area contributed by atoms with Gasteiger partial charge in [-0.05, 0) is 13.0 Å². The van der Waals surface area contributed by atoms with E-state index in [1.54, 1.807) is 0 Å². The monoisotopic (exact) mass is 258 g/mol. The average Bonchev–Trinajstić information content (AvgIpc) is 2.76. The maximum absolute atomic E-state index is 11.9. The quantitative estimate of drug-likeness (QED) is 0.848. The highest BCUT2D eigenvalue weighted by Crippen LogP contribution is 2.20. The van der Waals surface area contributed by atoms with Crippen LogP contribution in [0.5, 0.6) is 0 Å². The molecule has 0 aliphatic rings. The van der Waals surface area contributed by atoms with Crippen LogP contribution < -0.4 is 0 Å². The molecule has 0 unspecified atom stereocenters. The van der Waals surface area contributed by atoms with E-state index in [-0.39, 0.29) is 12.2 Å². The van der Waals surface area contributed by atoms with Crippen LogP contribution in [-0.4, -0.2) is 15.9 Å². The zero-order valence-corrected chi connectivity index (χ0v) is 11.7. The Bertz CT molecular complexity index is 594. The lowest BCUT2D eigenvalue weighted by molar-refractivity contribution is -0.125. The molecule has 2 aromatic rings. The third-order valence-corrected chi connectivity index (χ3v) is 2.89. The molecule has 4 heteroatoms. The molecule has 0 spiro atoms. The topological polar surface area (TPSA) is 56.0 Å². The van der Waals surface area contributed by atoms with E-state index in [1.807, 2.05) is 52.0 Å². The van der Waals surface area contributed by atoms with E-state index in [2.05, 4.69) is 10.1 Å². The Morgan fingerprint density at radius 2 is 2.05 bits per heavy atom. The first kappa shape index (κ1) is 13.5. The Kier molecular flexibility index (Phi) is 3.51. The minimum absolute atomic E-state index is 0.0898. The van der Waals surface area contributed by atoms with Gasteiger partial charge in [-0.3, -0.25) is 4.79 Å². The number of ketones is 1. The van der Waals surface area contributed by atoms with Crippen LogP contribution in [0.25, 0.3) is 11.4 Å². The van der Waals surface area contributed by atoms with Gasteiger partial charge >= 0.3 is 0 Å². The van der Waals surface area contributed by atoms with Gasteiger partial charge in [-0.15, -0.1) is 0 Å². The van der Waals surface area contributed by atoms with Crippen LogP contribution in [0.2, 0.25) is 0 Å². The summed E-state index contributed by atoms with van der Waals surface area (Å²) in [5.74, 6) is 0.990. The van der Waals surface area contributed by atoms with Gasteiger partial charge < -0.3 is 4.52 Å². The van der Waals surface area contributed by atoms with Gasteiger partial charge in [-0.1, -0.05) is 49.7 Å². The van der Waals surface area contributed by atoms with Crippen molar-refractivity contribution < 1.29 is 9.32 Å². The number of hydrogen-bond acceptors (Lipinski definition) is 4. The van der Waals surface area contributed by atoms with Crippen molar-refractivity contribution in [1.82, 2.24) is 10.1 Å². The number of hydrogen-bond donors (Lipinski definition) is 0. The normalized spacial score (nSPS) is 11.6. The number of Topliss-reactive ketones (excluding diaryl/α,β-unsaturated/α-hetero) is 1. The van der Waals surface area contributed by atoms with Crippen LogP contribution >= 0.6 is 0 Å². The number of benzene rings is 1. The minimum Gasteiger partial charge on any atom is -0.339 e. The Hall–Kier alpha value is -1.97. The molecule has 1 aromatic heterocycles. The molecule has 1 heterocycles. The van der Waals surface area contributed by atoms with Crippen LogP contribution in [0, 0.1) is 12.3 Å². The summed E-state index contributed by atoms with van der Waals surface area (Å²) in [5, 5.41) is 3.92. The first-order valence-corrected chi connectivity index (χ1v) is 6.29. The molecule has 1 aromatic carbocycles. The van der Waals surface area contributed by atoms with Crippen molar-refractivity contribution >= 4 is 5.78 Å². The van der Waals surface area contributed by atoms with E-state index in [1.165, 1.54) is 0 Å². The Morgan fingerprint density at radius 1 is 1.32 bits per heavy atom. The lowest BCUT2D eigenvalue weighted by atomic mass is 9.89. The van der Waals surface area contributed by atoms with Crippen molar-refractivity contribution in [3.8, 4) is 11.4 Å². The number of carbonyl (C=O) groups is 1. The average molecular weight is 258 g/mol. The summed E-state index contributed by atoms with van der Waals surface area (Å²) in [7, 11) is 0. The lowest BCUT2D eigenvalue weighted by Gasteiger charge is -2.14. The van der Waals surface area contributed by atoms with Gasteiger partial charge in [0.05, 0.1) is 6.42 Å². The van der Waals surface area contributed by atoms with E-state index in [4.69, 9.17) is 4.52 Å². The van der Waals surface area contributed by atoms with Crippen LogP contribution in [0.4, 0.5) is 0 Å². The Labute approximate surface area is 112 Å². The van der Waals surface area contributed by atoms with Gasteiger partial charge in [-0.25, -0.2) is 0 Å². The van der Waals surface area contributed by atoms with Gasteiger partial charge in [0.25, 0.3) is 0 Å². The first-order valence-electron chi connectivity index (χ1n) is 6.29. The molecule has 0 amide bonds. The molecule has 0 N–H and O–H groups in total. The molecule has 0 saturated heterocycles. The summed E-state index contributed by atoms with van der Waals surface area (Å²) < 4.78 is 5.14. The minimum atomic E-state index is -0.391. The maximum atomic E-state index is 11.9. The summed E-state index contributed by atoms with van der Waals surface area (Å²) in [4.78, 5) is 16.2. The maximum Gasteiger partial charge on any atom is 0.234 e. The molecule has 0 aliphatic carbocycles. The predicted molar refractivity (Wildman–Crippen MR) is 72.6 cm³/mol. The zero-order valence-electron chi connectivity index (χ0n) is 11.7. The molecule has 0 saturated carbocycles. The molecule has 0 radical (unpaired) electrons. The van der Waals surface area contributed by atoms with E-state index < -0.39 is 5.41 Å². The van der Waals surface area contributed by atoms with Crippen molar-refractivity contribution in [2.45, 2.75) is 34.1 Å². The van der Waals surface area contributed by atoms with E-state index in [0.29, 0.717) is 11.7 Å². The fourth-order valence-corrected chi connectivity index (χ4v) is 1.63. The number of aryl methyl sites for hydroxylation is 1. The van der Waals surface area contributed by atoms with E-state index >= 15 is 0 Å². The van der Waals surface area contributed by atoms with Gasteiger partial charge in [0.1, 0.15) is 5.78 Å². The smallest absolute Gasteiger partial charge is 0.234 e. The Morgan fingerprint density at radius 3 is 2.68 bits per heavy atom. The number of aromatic nitrogens is 2. The molecule has 0 bridgehead atoms. The Balaban J connectivity index is 2.18. The largest absolute Gasteiger partial charge is 0.339 e. The number of rotatable bonds is 3. The SMILES string of the molecule is Cc1cccc(-c2noc(CC(=O)C(C)(C)C)n2)c1. The molecule has 0 atom stereocenters. The third-order valence-electron chi connectivity index (χ3n) is 2.89. The molecular formula is C15H18N2O2. The summed E-state index contributed by atoms with van der Waals surface area (Å²) in [6, 6.07) is 7.86. The molecule has 0 aliphatic heterocycles. The first-order chi connectivity index (χ1) is 8.86. The van der Waals surface area contributed by atoms with Gasteiger partial charge in [0, 0.05) is 11.0 Å².